The van der Waals surface area contributed by atoms with Crippen molar-refractivity contribution in [1.82, 2.24) is 10.3 Å². The summed E-state index contributed by atoms with van der Waals surface area (Å²) >= 11 is 6.91. The lowest BCUT2D eigenvalue weighted by Gasteiger charge is -2.18. The molecule has 3 aromatic rings. The Bertz CT molecular complexity index is 1020. The van der Waals surface area contributed by atoms with Gasteiger partial charge in [0.05, 0.1) is 4.88 Å². The summed E-state index contributed by atoms with van der Waals surface area (Å²) in [6.07, 6.45) is -0.191. The highest BCUT2D eigenvalue weighted by Gasteiger charge is 2.10. The second-order valence-electron chi connectivity index (χ2n) is 7.15. The van der Waals surface area contributed by atoms with Crippen molar-refractivity contribution >= 4 is 22.9 Å². The van der Waals surface area contributed by atoms with Gasteiger partial charge in [0.15, 0.2) is 0 Å². The van der Waals surface area contributed by atoms with Gasteiger partial charge in [-0.3, -0.25) is 9.78 Å². The molecule has 2 atom stereocenters. The number of benzene rings is 2. The Morgan fingerprint density at radius 3 is 2.55 bits per heavy atom. The van der Waals surface area contributed by atoms with E-state index in [0.717, 1.165) is 16.9 Å². The van der Waals surface area contributed by atoms with E-state index < -0.39 is 6.10 Å². The fourth-order valence-corrected chi connectivity index (χ4v) is 3.72. The number of aromatic hydroxyl groups is 1. The molecule has 1 heterocycles. The van der Waals surface area contributed by atoms with E-state index in [-0.39, 0.29) is 23.4 Å². The molecular weight excluding hydrogens is 440 g/mol. The molecule has 1 aromatic heterocycles. The number of aromatic nitrogens is 1. The van der Waals surface area contributed by atoms with Gasteiger partial charge in [0, 0.05) is 24.0 Å². The molecule has 3 rings (SSSR count). The van der Waals surface area contributed by atoms with Crippen molar-refractivity contribution in [2.45, 2.75) is 25.5 Å². The summed E-state index contributed by atoms with van der Waals surface area (Å²) in [4.78, 5) is 14.0. The zero-order chi connectivity index (χ0) is 22.2. The molecule has 0 saturated heterocycles. The van der Waals surface area contributed by atoms with E-state index in [1.165, 1.54) is 0 Å². The normalized spacial score (nSPS) is 13.0. The van der Waals surface area contributed by atoms with Gasteiger partial charge in [0.25, 0.3) is 0 Å². The third kappa shape index (κ3) is 7.59. The van der Waals surface area contributed by atoms with Crippen molar-refractivity contribution in [2.24, 2.45) is 0 Å². The first-order chi connectivity index (χ1) is 14.9. The number of rotatable bonds is 11. The zero-order valence-corrected chi connectivity index (χ0v) is 18.6. The van der Waals surface area contributed by atoms with Gasteiger partial charge in [0.2, 0.25) is 5.88 Å². The van der Waals surface area contributed by atoms with Crippen LogP contribution in [0, 0.1) is 0 Å². The molecule has 31 heavy (non-hydrogen) atoms. The third-order valence-electron chi connectivity index (χ3n) is 4.43. The van der Waals surface area contributed by atoms with Gasteiger partial charge in [-0.2, -0.15) is 0 Å². The minimum absolute atomic E-state index is 0.0228. The maximum atomic E-state index is 11.3. The number of hydrogen-bond donors (Lipinski definition) is 4. The minimum Gasteiger partial charge on any atom is -0.494 e. The van der Waals surface area contributed by atoms with E-state index in [1.54, 1.807) is 24.3 Å². The monoisotopic (exact) mass is 464 g/mol. The second-order valence-corrected chi connectivity index (χ2v) is 8.65. The van der Waals surface area contributed by atoms with Gasteiger partial charge < -0.3 is 25.0 Å². The van der Waals surface area contributed by atoms with Crippen LogP contribution in [0.5, 0.6) is 17.4 Å². The second kappa shape index (κ2) is 11.2. The van der Waals surface area contributed by atoms with Gasteiger partial charge in [0.1, 0.15) is 30.8 Å². The Morgan fingerprint density at radius 2 is 1.87 bits per heavy atom. The molecule has 4 N–H and O–H groups in total. The van der Waals surface area contributed by atoms with E-state index in [1.807, 2.05) is 31.2 Å². The van der Waals surface area contributed by atoms with E-state index in [2.05, 4.69) is 10.3 Å². The Hall–Kier alpha value is -2.52. The molecule has 7 nitrogen and oxygen atoms in total. The van der Waals surface area contributed by atoms with Crippen LogP contribution >= 0.6 is 22.9 Å². The topological polar surface area (TPSA) is 104 Å². The summed E-state index contributed by atoms with van der Waals surface area (Å²) in [5, 5.41) is 23.6. The molecule has 0 amide bonds. The summed E-state index contributed by atoms with van der Waals surface area (Å²) in [7, 11) is 0. The highest BCUT2D eigenvalue weighted by Crippen LogP contribution is 2.22. The van der Waals surface area contributed by atoms with Gasteiger partial charge in [-0.1, -0.05) is 41.1 Å². The van der Waals surface area contributed by atoms with Crippen molar-refractivity contribution in [2.75, 3.05) is 19.8 Å². The molecule has 0 aliphatic carbocycles. The average molecular weight is 465 g/mol. The Balaban J connectivity index is 1.36. The minimum atomic E-state index is -0.665. The number of halogens is 1. The van der Waals surface area contributed by atoms with Gasteiger partial charge in [-0.05, 0) is 42.8 Å². The lowest BCUT2D eigenvalue weighted by atomic mass is 10.1. The van der Waals surface area contributed by atoms with Crippen molar-refractivity contribution in [3.05, 3.63) is 73.7 Å². The molecule has 0 bridgehead atoms. The zero-order valence-electron chi connectivity index (χ0n) is 17.0. The van der Waals surface area contributed by atoms with Crippen LogP contribution in [0.2, 0.25) is 5.02 Å². The van der Waals surface area contributed by atoms with Gasteiger partial charge in [-0.25, -0.2) is 0 Å². The Kier molecular flexibility index (Phi) is 8.36. The first kappa shape index (κ1) is 23.1. The maximum absolute atomic E-state index is 11.3. The molecule has 0 radical (unpaired) electrons. The molecule has 0 aliphatic rings. The fraction of sp³-hybridized carbons (Fsp3) is 0.318. The lowest BCUT2D eigenvalue weighted by molar-refractivity contribution is 0.102. The SMILES string of the molecule is CC(COc1ccc(Cc2sc(=O)[nH]c2O)cc1)NCC(O)COc1cccc(Cl)c1. The van der Waals surface area contributed by atoms with Crippen LogP contribution in [-0.4, -0.2) is 47.1 Å². The molecule has 9 heteroatoms. The molecule has 0 fully saturated rings. The molecule has 0 saturated carbocycles. The van der Waals surface area contributed by atoms with Crippen LogP contribution in [0.1, 0.15) is 17.4 Å². The lowest BCUT2D eigenvalue weighted by Crippen LogP contribution is -2.39. The van der Waals surface area contributed by atoms with Crippen LogP contribution in [-0.2, 0) is 6.42 Å². The number of ether oxygens (including phenoxy) is 2. The Morgan fingerprint density at radius 1 is 1.13 bits per heavy atom. The largest absolute Gasteiger partial charge is 0.494 e. The van der Waals surface area contributed by atoms with Crippen molar-refractivity contribution in [3.63, 3.8) is 0 Å². The third-order valence-corrected chi connectivity index (χ3v) is 5.54. The standard InChI is InChI=1S/C22H25ClN2O5S/c1-14(24-11-17(26)13-30-19-4-2-3-16(23)10-19)12-29-18-7-5-15(6-8-18)9-20-21(27)25-22(28)31-20/h2-8,10,14,17,24,26-27H,9,11-13H2,1H3,(H,25,28). The number of aromatic amines is 1. The summed E-state index contributed by atoms with van der Waals surface area (Å²) in [5.41, 5.74) is 0.965. The summed E-state index contributed by atoms with van der Waals surface area (Å²) in [6, 6.07) is 14.6. The van der Waals surface area contributed by atoms with Gasteiger partial charge >= 0.3 is 4.87 Å². The van der Waals surface area contributed by atoms with Crippen molar-refractivity contribution in [3.8, 4) is 17.4 Å². The average Bonchev–Trinajstić information content (AvgIpc) is 3.06. The van der Waals surface area contributed by atoms with E-state index in [0.29, 0.717) is 41.0 Å². The molecule has 166 valence electrons. The smallest absolute Gasteiger partial charge is 0.307 e. The molecule has 2 unspecified atom stereocenters. The van der Waals surface area contributed by atoms with Crippen molar-refractivity contribution in [1.29, 1.82) is 0 Å². The molecule has 0 spiro atoms. The molecule has 0 aliphatic heterocycles. The van der Waals surface area contributed by atoms with Crippen LogP contribution in [0.3, 0.4) is 0 Å². The predicted octanol–water partition coefficient (Wildman–Crippen LogP) is 3.18. The van der Waals surface area contributed by atoms with Crippen LogP contribution in [0.25, 0.3) is 0 Å². The number of aliphatic hydroxyl groups excluding tert-OH is 1. The first-order valence-corrected chi connectivity index (χ1v) is 11.0. The van der Waals surface area contributed by atoms with E-state index in [9.17, 15) is 15.0 Å². The number of thiazole rings is 1. The van der Waals surface area contributed by atoms with Crippen molar-refractivity contribution < 1.29 is 19.7 Å². The first-order valence-electron chi connectivity index (χ1n) is 9.81. The van der Waals surface area contributed by atoms with E-state index >= 15 is 0 Å². The predicted molar refractivity (Wildman–Crippen MR) is 122 cm³/mol. The van der Waals surface area contributed by atoms with E-state index in [4.69, 9.17) is 21.1 Å². The highest BCUT2D eigenvalue weighted by atomic mass is 35.5. The number of hydrogen-bond acceptors (Lipinski definition) is 7. The summed E-state index contributed by atoms with van der Waals surface area (Å²) in [6.45, 7) is 2.93. The maximum Gasteiger partial charge on any atom is 0.307 e. The van der Waals surface area contributed by atoms with Crippen LogP contribution in [0.4, 0.5) is 0 Å². The fourth-order valence-electron chi connectivity index (χ4n) is 2.79. The number of H-pyrrole nitrogens is 1. The van der Waals surface area contributed by atoms with Gasteiger partial charge in [-0.15, -0.1) is 0 Å². The quantitative estimate of drug-likeness (QED) is 0.347. The molecular formula is C22H25ClN2O5S. The number of aliphatic hydroxyl groups is 1. The summed E-state index contributed by atoms with van der Waals surface area (Å²) in [5.74, 6) is 1.26. The summed E-state index contributed by atoms with van der Waals surface area (Å²) < 4.78 is 11.3. The number of nitrogens with one attached hydrogen (secondary N) is 2. The highest BCUT2D eigenvalue weighted by molar-refractivity contribution is 7.09. The van der Waals surface area contributed by atoms with Crippen LogP contribution < -0.4 is 19.7 Å². The Labute approximate surface area is 189 Å². The van der Waals surface area contributed by atoms with Crippen LogP contribution in [0.15, 0.2) is 53.3 Å². The molecule has 2 aromatic carbocycles.